The molecule has 0 radical (unpaired) electrons. The fraction of sp³-hybridized carbons (Fsp3) is 0.391. The Labute approximate surface area is 183 Å². The van der Waals surface area contributed by atoms with Gasteiger partial charge in [0.05, 0.1) is 31.7 Å². The molecule has 3 aromatic rings. The number of nitrogens with one attached hydrogen (secondary N) is 1. The van der Waals surface area contributed by atoms with Crippen molar-refractivity contribution in [1.29, 1.82) is 0 Å². The number of ether oxygens (including phenoxy) is 2. The number of H-pyrrole nitrogens is 1. The van der Waals surface area contributed by atoms with Crippen molar-refractivity contribution < 1.29 is 14.3 Å². The van der Waals surface area contributed by atoms with Crippen molar-refractivity contribution in [2.45, 2.75) is 44.3 Å². The molecular weight excluding hydrogens is 412 g/mol. The average Bonchev–Trinajstić information content (AvgIpc) is 3.71. The van der Waals surface area contributed by atoms with Gasteiger partial charge in [-0.05, 0) is 49.9 Å². The number of rotatable bonds is 7. The molecule has 9 heteroatoms. The van der Waals surface area contributed by atoms with E-state index in [1.54, 1.807) is 25.2 Å². The Morgan fingerprint density at radius 1 is 1.16 bits per heavy atom. The number of carbonyl (C=O) groups is 1. The summed E-state index contributed by atoms with van der Waals surface area (Å²) in [4.78, 5) is 46.7. The van der Waals surface area contributed by atoms with E-state index in [4.69, 9.17) is 9.47 Å². The first kappa shape index (κ1) is 20.3. The number of aromatic amines is 1. The molecule has 2 aromatic heterocycles. The molecule has 9 nitrogen and oxygen atoms in total. The summed E-state index contributed by atoms with van der Waals surface area (Å²) in [6, 6.07) is 7.20. The number of methoxy groups -OCH3 is 2. The van der Waals surface area contributed by atoms with Crippen molar-refractivity contribution in [3.8, 4) is 11.5 Å². The molecule has 0 unspecified atom stereocenters. The van der Waals surface area contributed by atoms with Gasteiger partial charge >= 0.3 is 5.69 Å². The van der Waals surface area contributed by atoms with E-state index >= 15 is 0 Å². The van der Waals surface area contributed by atoms with E-state index in [1.807, 2.05) is 18.2 Å². The largest absolute Gasteiger partial charge is 0.497 e. The van der Waals surface area contributed by atoms with Crippen LogP contribution in [0.2, 0.25) is 0 Å². The predicted octanol–water partition coefficient (Wildman–Crippen LogP) is 2.24. The molecule has 2 aliphatic carbocycles. The summed E-state index contributed by atoms with van der Waals surface area (Å²) in [6.07, 6.45) is 5.05. The number of hydrogen-bond donors (Lipinski definition) is 1. The molecule has 2 aliphatic rings. The number of carbonyl (C=O) groups excluding carboxylic acids is 1. The molecule has 2 heterocycles. The zero-order valence-corrected chi connectivity index (χ0v) is 18.0. The van der Waals surface area contributed by atoms with Crippen LogP contribution >= 0.6 is 0 Å². The van der Waals surface area contributed by atoms with Gasteiger partial charge in [0.1, 0.15) is 17.1 Å². The van der Waals surface area contributed by atoms with Crippen LogP contribution in [0.5, 0.6) is 11.5 Å². The molecule has 0 aliphatic heterocycles. The minimum Gasteiger partial charge on any atom is -0.497 e. The van der Waals surface area contributed by atoms with Crippen LogP contribution in [-0.4, -0.2) is 45.6 Å². The summed E-state index contributed by atoms with van der Waals surface area (Å²) < 4.78 is 12.3. The molecule has 0 bridgehead atoms. The first-order valence-electron chi connectivity index (χ1n) is 10.7. The van der Waals surface area contributed by atoms with Gasteiger partial charge in [0.2, 0.25) is 0 Å². The van der Waals surface area contributed by atoms with Gasteiger partial charge in [-0.15, -0.1) is 0 Å². The Balaban J connectivity index is 1.52. The number of aromatic nitrogens is 3. The van der Waals surface area contributed by atoms with Crippen LogP contribution in [0.4, 0.5) is 0 Å². The molecule has 2 saturated carbocycles. The van der Waals surface area contributed by atoms with E-state index in [0.717, 1.165) is 31.2 Å². The summed E-state index contributed by atoms with van der Waals surface area (Å²) in [7, 11) is 3.18. The minimum absolute atomic E-state index is 0.0550. The number of hydrogen-bond acceptors (Lipinski definition) is 6. The maximum Gasteiger partial charge on any atom is 0.330 e. The molecule has 0 atom stereocenters. The van der Waals surface area contributed by atoms with Crippen LogP contribution in [-0.2, 0) is 6.54 Å². The highest BCUT2D eigenvalue weighted by molar-refractivity contribution is 5.97. The van der Waals surface area contributed by atoms with Crippen LogP contribution in [0.25, 0.3) is 11.0 Å². The monoisotopic (exact) mass is 436 g/mol. The maximum absolute atomic E-state index is 13.5. The molecule has 5 rings (SSSR count). The predicted molar refractivity (Wildman–Crippen MR) is 117 cm³/mol. The SMILES string of the molecule is COc1ccc(OC)c(CN(C(=O)c2cnc3c(c2)c(=O)[nH]c(=O)n3C2CC2)C2CC2)c1. The normalized spacial score (nSPS) is 15.6. The van der Waals surface area contributed by atoms with Crippen molar-refractivity contribution in [1.82, 2.24) is 19.4 Å². The molecule has 2 fully saturated rings. The van der Waals surface area contributed by atoms with E-state index in [-0.39, 0.29) is 23.4 Å². The van der Waals surface area contributed by atoms with Crippen LogP contribution in [0.1, 0.15) is 47.6 Å². The van der Waals surface area contributed by atoms with Crippen molar-refractivity contribution >= 4 is 16.9 Å². The van der Waals surface area contributed by atoms with Crippen molar-refractivity contribution in [3.05, 3.63) is 62.4 Å². The third kappa shape index (κ3) is 3.63. The summed E-state index contributed by atoms with van der Waals surface area (Å²) in [6.45, 7) is 0.347. The van der Waals surface area contributed by atoms with Gasteiger partial charge < -0.3 is 14.4 Å². The van der Waals surface area contributed by atoms with Gasteiger partial charge in [-0.1, -0.05) is 0 Å². The van der Waals surface area contributed by atoms with Gasteiger partial charge in [0.25, 0.3) is 11.5 Å². The Morgan fingerprint density at radius 3 is 2.59 bits per heavy atom. The third-order valence-corrected chi connectivity index (χ3v) is 6.01. The van der Waals surface area contributed by atoms with Gasteiger partial charge in [-0.25, -0.2) is 9.78 Å². The molecule has 0 saturated heterocycles. The lowest BCUT2D eigenvalue weighted by molar-refractivity contribution is 0.0728. The lowest BCUT2D eigenvalue weighted by Gasteiger charge is -2.24. The Hall–Kier alpha value is -3.62. The third-order valence-electron chi connectivity index (χ3n) is 6.01. The van der Waals surface area contributed by atoms with Gasteiger partial charge in [-0.3, -0.25) is 19.1 Å². The molecule has 1 amide bonds. The second-order valence-corrected chi connectivity index (χ2v) is 8.30. The van der Waals surface area contributed by atoms with E-state index < -0.39 is 11.2 Å². The summed E-state index contributed by atoms with van der Waals surface area (Å²) in [5.41, 5.74) is 0.488. The highest BCUT2D eigenvalue weighted by Crippen LogP contribution is 2.35. The first-order chi connectivity index (χ1) is 15.5. The van der Waals surface area contributed by atoms with Crippen LogP contribution in [0.3, 0.4) is 0 Å². The number of pyridine rings is 1. The Morgan fingerprint density at radius 2 is 1.94 bits per heavy atom. The van der Waals surface area contributed by atoms with Gasteiger partial charge in [-0.2, -0.15) is 0 Å². The highest BCUT2D eigenvalue weighted by atomic mass is 16.5. The van der Waals surface area contributed by atoms with Crippen molar-refractivity contribution in [2.75, 3.05) is 14.2 Å². The summed E-state index contributed by atoms with van der Waals surface area (Å²) in [5, 5.41) is 0.247. The number of benzene rings is 1. The zero-order chi connectivity index (χ0) is 22.4. The fourth-order valence-corrected chi connectivity index (χ4v) is 4.03. The molecule has 1 N–H and O–H groups in total. The van der Waals surface area contributed by atoms with Crippen molar-refractivity contribution in [3.63, 3.8) is 0 Å². The van der Waals surface area contributed by atoms with E-state index in [0.29, 0.717) is 29.3 Å². The second kappa shape index (κ2) is 7.81. The van der Waals surface area contributed by atoms with Crippen molar-refractivity contribution in [2.24, 2.45) is 0 Å². The minimum atomic E-state index is -0.531. The standard InChI is InChI=1S/C23H24N4O5/c1-31-17-7-8-19(32-2)14(9-17)12-26(15-3-4-15)22(29)13-10-18-20(24-11-13)27(16-5-6-16)23(30)25-21(18)28/h7-11,15-16H,3-6,12H2,1-2H3,(H,25,28,30). The summed E-state index contributed by atoms with van der Waals surface area (Å²) >= 11 is 0. The second-order valence-electron chi connectivity index (χ2n) is 8.30. The molecule has 0 spiro atoms. The van der Waals surface area contributed by atoms with Gasteiger partial charge in [0, 0.05) is 23.8 Å². The summed E-state index contributed by atoms with van der Waals surface area (Å²) in [5.74, 6) is 1.14. The van der Waals surface area contributed by atoms with E-state index in [9.17, 15) is 14.4 Å². The topological polar surface area (TPSA) is 107 Å². The zero-order valence-electron chi connectivity index (χ0n) is 18.0. The van der Waals surface area contributed by atoms with Gasteiger partial charge in [0.15, 0.2) is 0 Å². The molecule has 32 heavy (non-hydrogen) atoms. The lowest BCUT2D eigenvalue weighted by Crippen LogP contribution is -2.34. The van der Waals surface area contributed by atoms with E-state index in [2.05, 4.69) is 9.97 Å². The molecule has 166 valence electrons. The number of amides is 1. The Bertz CT molecular complexity index is 1320. The van der Waals surface area contributed by atoms with Crippen LogP contribution in [0, 0.1) is 0 Å². The highest BCUT2D eigenvalue weighted by Gasteiger charge is 2.34. The molecular formula is C23H24N4O5. The number of nitrogens with zero attached hydrogens (tertiary/aromatic N) is 3. The van der Waals surface area contributed by atoms with Crippen LogP contribution in [0.15, 0.2) is 40.1 Å². The fourth-order valence-electron chi connectivity index (χ4n) is 4.03. The van der Waals surface area contributed by atoms with E-state index in [1.165, 1.54) is 10.8 Å². The lowest BCUT2D eigenvalue weighted by atomic mass is 10.1. The average molecular weight is 436 g/mol. The Kier molecular flexibility index (Phi) is 4.96. The molecule has 1 aromatic carbocycles. The maximum atomic E-state index is 13.5. The van der Waals surface area contributed by atoms with Crippen LogP contribution < -0.4 is 20.7 Å². The number of fused-ring (bicyclic) bond motifs is 1. The first-order valence-corrected chi connectivity index (χ1v) is 10.7. The smallest absolute Gasteiger partial charge is 0.330 e. The quantitative estimate of drug-likeness (QED) is 0.609.